The normalized spacial score (nSPS) is 15.9. The highest BCUT2D eigenvalue weighted by Gasteiger charge is 2.44. The van der Waals surface area contributed by atoms with Gasteiger partial charge < -0.3 is 23.9 Å². The van der Waals surface area contributed by atoms with E-state index in [0.717, 1.165) is 24.8 Å². The average Bonchev–Trinajstić information content (AvgIpc) is 3.40. The van der Waals surface area contributed by atoms with Crippen molar-refractivity contribution in [3.63, 3.8) is 0 Å². The van der Waals surface area contributed by atoms with Gasteiger partial charge in [-0.2, -0.15) is 0 Å². The average molecular weight is 464 g/mol. The summed E-state index contributed by atoms with van der Waals surface area (Å²) in [6.45, 7) is 5.08. The molecule has 178 valence electrons. The van der Waals surface area contributed by atoms with Crippen molar-refractivity contribution < 1.29 is 28.6 Å². The summed E-state index contributed by atoms with van der Waals surface area (Å²) in [5.74, 6) is -0.369. The van der Waals surface area contributed by atoms with Gasteiger partial charge >= 0.3 is 0 Å². The molecule has 0 fully saturated rings. The van der Waals surface area contributed by atoms with Gasteiger partial charge in [0, 0.05) is 11.9 Å². The number of ether oxygens (including phenoxy) is 2. The molecule has 1 aliphatic rings. The third-order valence-electron chi connectivity index (χ3n) is 5.92. The molecule has 0 spiro atoms. The number of Topliss-reactive ketones (excluding diaryl/α,β-unsaturated/α-hetero) is 1. The predicted molar refractivity (Wildman–Crippen MR) is 128 cm³/mol. The molecule has 1 unspecified atom stereocenters. The Morgan fingerprint density at radius 2 is 1.88 bits per heavy atom. The Morgan fingerprint density at radius 1 is 1.12 bits per heavy atom. The summed E-state index contributed by atoms with van der Waals surface area (Å²) in [6, 6.07) is 13.5. The van der Waals surface area contributed by atoms with Crippen molar-refractivity contribution >= 4 is 22.7 Å². The molecule has 0 saturated carbocycles. The minimum atomic E-state index is -0.720. The number of hydrogen-bond acceptors (Lipinski definition) is 6. The SMILES string of the molecule is CCCCN1C(=O)C(O)=C(C(=O)c2cc3cccc(OC)c3o2)C1c1ccc(OCCC)cc1. The fraction of sp³-hybridized carbons (Fsp3) is 0.333. The fourth-order valence-corrected chi connectivity index (χ4v) is 4.20. The van der Waals surface area contributed by atoms with E-state index in [-0.39, 0.29) is 11.3 Å². The molecule has 7 nitrogen and oxygen atoms in total. The number of aliphatic hydroxyl groups excluding tert-OH is 1. The molecule has 2 heterocycles. The highest BCUT2D eigenvalue weighted by Crippen LogP contribution is 2.40. The summed E-state index contributed by atoms with van der Waals surface area (Å²) in [4.78, 5) is 28.2. The van der Waals surface area contributed by atoms with Crippen LogP contribution in [0.4, 0.5) is 0 Å². The lowest BCUT2D eigenvalue weighted by molar-refractivity contribution is -0.129. The number of aliphatic hydroxyl groups is 1. The predicted octanol–water partition coefficient (Wildman–Crippen LogP) is 5.61. The van der Waals surface area contributed by atoms with Crippen LogP contribution in [-0.4, -0.2) is 42.0 Å². The van der Waals surface area contributed by atoms with Gasteiger partial charge in [0.05, 0.1) is 25.3 Å². The molecule has 7 heteroatoms. The van der Waals surface area contributed by atoms with E-state index in [1.54, 1.807) is 23.1 Å². The van der Waals surface area contributed by atoms with Gasteiger partial charge in [-0.3, -0.25) is 9.59 Å². The van der Waals surface area contributed by atoms with Crippen LogP contribution >= 0.6 is 0 Å². The third kappa shape index (κ3) is 4.25. The van der Waals surface area contributed by atoms with Crippen LogP contribution < -0.4 is 9.47 Å². The smallest absolute Gasteiger partial charge is 0.290 e. The van der Waals surface area contributed by atoms with Crippen molar-refractivity contribution in [2.24, 2.45) is 0 Å². The van der Waals surface area contributed by atoms with Gasteiger partial charge in [-0.05, 0) is 42.7 Å². The Hall–Kier alpha value is -3.74. The molecular weight excluding hydrogens is 434 g/mol. The maximum absolute atomic E-state index is 13.6. The van der Waals surface area contributed by atoms with Crippen LogP contribution in [0.2, 0.25) is 0 Å². The summed E-state index contributed by atoms with van der Waals surface area (Å²) < 4.78 is 16.8. The first-order chi connectivity index (χ1) is 16.5. The summed E-state index contributed by atoms with van der Waals surface area (Å²) in [5.41, 5.74) is 1.17. The van der Waals surface area contributed by atoms with Gasteiger partial charge in [0.2, 0.25) is 5.78 Å². The molecule has 1 amide bonds. The van der Waals surface area contributed by atoms with E-state index < -0.39 is 23.5 Å². The standard InChI is InChI=1S/C27H29NO6/c1-4-6-14-28-23(17-10-12-19(13-11-17)33-15-5-2)22(25(30)27(28)31)24(29)21-16-18-8-7-9-20(32-3)26(18)34-21/h7-13,16,23,30H,4-6,14-15H2,1-3H3. The first-order valence-electron chi connectivity index (χ1n) is 11.6. The van der Waals surface area contributed by atoms with Crippen LogP contribution in [-0.2, 0) is 4.79 Å². The van der Waals surface area contributed by atoms with E-state index in [9.17, 15) is 14.7 Å². The number of fused-ring (bicyclic) bond motifs is 1. The van der Waals surface area contributed by atoms with Crippen molar-refractivity contribution in [3.05, 3.63) is 71.2 Å². The Bertz CT molecular complexity index is 1220. The summed E-state index contributed by atoms with van der Waals surface area (Å²) in [6.07, 6.45) is 2.51. The third-order valence-corrected chi connectivity index (χ3v) is 5.92. The van der Waals surface area contributed by atoms with Crippen LogP contribution in [0.5, 0.6) is 11.5 Å². The van der Waals surface area contributed by atoms with E-state index in [2.05, 4.69) is 0 Å². The highest BCUT2D eigenvalue weighted by atomic mass is 16.5. The number of carbonyl (C=O) groups excluding carboxylic acids is 2. The molecule has 34 heavy (non-hydrogen) atoms. The molecule has 0 saturated heterocycles. The van der Waals surface area contributed by atoms with Gasteiger partial charge in [-0.25, -0.2) is 0 Å². The molecule has 0 bridgehead atoms. The monoisotopic (exact) mass is 463 g/mol. The molecule has 1 aromatic heterocycles. The van der Waals surface area contributed by atoms with Crippen LogP contribution in [0.3, 0.4) is 0 Å². The molecule has 3 aromatic rings. The Morgan fingerprint density at radius 3 is 2.56 bits per heavy atom. The number of nitrogens with zero attached hydrogens (tertiary/aromatic N) is 1. The van der Waals surface area contributed by atoms with Gasteiger partial charge in [0.25, 0.3) is 5.91 Å². The molecule has 1 atom stereocenters. The molecule has 1 aliphatic heterocycles. The van der Waals surface area contributed by atoms with Gasteiger partial charge in [0.1, 0.15) is 5.75 Å². The van der Waals surface area contributed by atoms with E-state index in [0.29, 0.717) is 35.6 Å². The molecule has 2 aromatic carbocycles. The second-order valence-corrected chi connectivity index (χ2v) is 8.25. The van der Waals surface area contributed by atoms with Crippen molar-refractivity contribution in [3.8, 4) is 11.5 Å². The minimum absolute atomic E-state index is 0.0151. The van der Waals surface area contributed by atoms with Crippen LogP contribution in [0.1, 0.15) is 55.3 Å². The van der Waals surface area contributed by atoms with Crippen molar-refractivity contribution in [2.45, 2.75) is 39.2 Å². The van der Waals surface area contributed by atoms with Crippen molar-refractivity contribution in [2.75, 3.05) is 20.3 Å². The molecule has 4 rings (SSSR count). The van der Waals surface area contributed by atoms with Crippen LogP contribution in [0.15, 0.2) is 64.3 Å². The maximum Gasteiger partial charge on any atom is 0.290 e. The first-order valence-corrected chi connectivity index (χ1v) is 11.6. The summed E-state index contributed by atoms with van der Waals surface area (Å²) >= 11 is 0. The lowest BCUT2D eigenvalue weighted by Crippen LogP contribution is -2.32. The topological polar surface area (TPSA) is 89.2 Å². The number of methoxy groups -OCH3 is 1. The highest BCUT2D eigenvalue weighted by molar-refractivity contribution is 6.16. The van der Waals surface area contributed by atoms with Crippen molar-refractivity contribution in [1.82, 2.24) is 4.90 Å². The molecular formula is C27H29NO6. The number of benzene rings is 2. The Kier molecular flexibility index (Phi) is 6.91. The second-order valence-electron chi connectivity index (χ2n) is 8.25. The number of amides is 1. The zero-order valence-corrected chi connectivity index (χ0v) is 19.7. The number of hydrogen-bond donors (Lipinski definition) is 1. The molecule has 0 radical (unpaired) electrons. The number of carbonyl (C=O) groups is 2. The summed E-state index contributed by atoms with van der Waals surface area (Å²) in [7, 11) is 1.53. The lowest BCUT2D eigenvalue weighted by Gasteiger charge is -2.26. The fourth-order valence-electron chi connectivity index (χ4n) is 4.20. The largest absolute Gasteiger partial charge is 0.503 e. The zero-order valence-electron chi connectivity index (χ0n) is 19.7. The maximum atomic E-state index is 13.6. The van der Waals surface area contributed by atoms with Gasteiger partial charge in [-0.15, -0.1) is 0 Å². The van der Waals surface area contributed by atoms with Gasteiger partial charge in [0.15, 0.2) is 22.9 Å². The number of ketones is 1. The zero-order chi connectivity index (χ0) is 24.2. The number of furan rings is 1. The van der Waals surface area contributed by atoms with E-state index >= 15 is 0 Å². The van der Waals surface area contributed by atoms with E-state index in [1.807, 2.05) is 44.2 Å². The van der Waals surface area contributed by atoms with E-state index in [4.69, 9.17) is 13.9 Å². The van der Waals surface area contributed by atoms with Crippen molar-refractivity contribution in [1.29, 1.82) is 0 Å². The molecule has 1 N–H and O–H groups in total. The number of rotatable bonds is 10. The van der Waals surface area contributed by atoms with Gasteiger partial charge in [-0.1, -0.05) is 44.5 Å². The minimum Gasteiger partial charge on any atom is -0.503 e. The Labute approximate surface area is 198 Å². The number of unbranched alkanes of at least 4 members (excludes halogenated alkanes) is 1. The quantitative estimate of drug-likeness (QED) is 0.393. The first kappa shape index (κ1) is 23.4. The number of para-hydroxylation sites is 1. The Balaban J connectivity index is 1.75. The second kappa shape index (κ2) is 10.0. The summed E-state index contributed by atoms with van der Waals surface area (Å²) in [5, 5.41) is 11.5. The van der Waals surface area contributed by atoms with Crippen LogP contribution in [0, 0.1) is 0 Å². The van der Waals surface area contributed by atoms with Crippen LogP contribution in [0.25, 0.3) is 11.0 Å². The lowest BCUT2D eigenvalue weighted by atomic mass is 9.95. The van der Waals surface area contributed by atoms with E-state index in [1.165, 1.54) is 7.11 Å². The molecule has 0 aliphatic carbocycles.